The second kappa shape index (κ2) is 5.79. The standard InChI is InChI=1S/C12H19NO6S/c1-18-11(15)12(4-8-19-9-5-12)20(16,17)13-6-2-10(14)3-7-13/h2-9H2,1H3. The average Bonchev–Trinajstić information content (AvgIpc) is 2.47. The highest BCUT2D eigenvalue weighted by Crippen LogP contribution is 2.34. The van der Waals surface area contributed by atoms with E-state index in [9.17, 15) is 18.0 Å². The van der Waals surface area contributed by atoms with Gasteiger partial charge in [-0.2, -0.15) is 0 Å². The Balaban J connectivity index is 2.31. The molecule has 0 N–H and O–H groups in total. The van der Waals surface area contributed by atoms with Crippen LogP contribution in [-0.2, 0) is 29.1 Å². The molecule has 2 aliphatic heterocycles. The number of ether oxygens (including phenoxy) is 2. The van der Waals surface area contributed by atoms with E-state index in [1.165, 1.54) is 11.4 Å². The van der Waals surface area contributed by atoms with Crippen molar-refractivity contribution >= 4 is 21.8 Å². The first-order chi connectivity index (χ1) is 9.44. The molecule has 2 saturated heterocycles. The Morgan fingerprint density at radius 3 is 2.30 bits per heavy atom. The third-order valence-corrected chi connectivity index (χ3v) is 6.58. The fourth-order valence-corrected chi connectivity index (χ4v) is 4.81. The zero-order chi connectivity index (χ0) is 14.8. The predicted molar refractivity (Wildman–Crippen MR) is 69.5 cm³/mol. The normalized spacial score (nSPS) is 24.4. The van der Waals surface area contributed by atoms with Gasteiger partial charge in [0.1, 0.15) is 5.78 Å². The van der Waals surface area contributed by atoms with Crippen molar-refractivity contribution in [1.29, 1.82) is 0 Å². The molecule has 114 valence electrons. The third kappa shape index (κ3) is 2.47. The van der Waals surface area contributed by atoms with Crippen molar-refractivity contribution in [2.24, 2.45) is 0 Å². The molecule has 0 aromatic heterocycles. The van der Waals surface area contributed by atoms with E-state index in [1.807, 2.05) is 0 Å². The Labute approximate surface area is 118 Å². The number of esters is 1. The van der Waals surface area contributed by atoms with Crippen molar-refractivity contribution in [3.8, 4) is 0 Å². The molecule has 0 aromatic carbocycles. The van der Waals surface area contributed by atoms with Crippen LogP contribution in [0.4, 0.5) is 0 Å². The summed E-state index contributed by atoms with van der Waals surface area (Å²) in [4.78, 5) is 23.3. The quantitative estimate of drug-likeness (QED) is 0.665. The van der Waals surface area contributed by atoms with Crippen LogP contribution >= 0.6 is 0 Å². The summed E-state index contributed by atoms with van der Waals surface area (Å²) in [5, 5.41) is 0. The van der Waals surface area contributed by atoms with Crippen LogP contribution < -0.4 is 0 Å². The highest BCUT2D eigenvalue weighted by Gasteiger charge is 2.55. The van der Waals surface area contributed by atoms with Gasteiger partial charge < -0.3 is 9.47 Å². The molecule has 0 amide bonds. The molecule has 20 heavy (non-hydrogen) atoms. The highest BCUT2D eigenvalue weighted by atomic mass is 32.2. The zero-order valence-corrected chi connectivity index (χ0v) is 12.3. The largest absolute Gasteiger partial charge is 0.468 e. The Morgan fingerprint density at radius 2 is 1.80 bits per heavy atom. The fourth-order valence-electron chi connectivity index (χ4n) is 2.68. The molecule has 0 bridgehead atoms. The van der Waals surface area contributed by atoms with Gasteiger partial charge in [-0.15, -0.1) is 0 Å². The second-order valence-corrected chi connectivity index (χ2v) is 7.29. The number of carbonyl (C=O) groups excluding carboxylic acids is 2. The third-order valence-electron chi connectivity index (χ3n) is 3.97. The van der Waals surface area contributed by atoms with E-state index >= 15 is 0 Å². The number of ketones is 1. The fraction of sp³-hybridized carbons (Fsp3) is 0.833. The molecule has 0 spiro atoms. The minimum Gasteiger partial charge on any atom is -0.468 e. The number of hydrogen-bond acceptors (Lipinski definition) is 6. The van der Waals surface area contributed by atoms with E-state index in [-0.39, 0.29) is 57.8 Å². The molecule has 0 saturated carbocycles. The van der Waals surface area contributed by atoms with Gasteiger partial charge in [0.15, 0.2) is 4.75 Å². The number of rotatable bonds is 3. The molecule has 0 atom stereocenters. The van der Waals surface area contributed by atoms with Gasteiger partial charge in [0.05, 0.1) is 7.11 Å². The Kier molecular flexibility index (Phi) is 4.46. The molecule has 7 nitrogen and oxygen atoms in total. The van der Waals surface area contributed by atoms with Gasteiger partial charge in [0, 0.05) is 52.0 Å². The molecule has 0 aliphatic carbocycles. The Morgan fingerprint density at radius 1 is 1.25 bits per heavy atom. The van der Waals surface area contributed by atoms with E-state index < -0.39 is 20.7 Å². The zero-order valence-electron chi connectivity index (χ0n) is 11.5. The van der Waals surface area contributed by atoms with E-state index in [0.29, 0.717) is 0 Å². The molecule has 2 aliphatic rings. The van der Waals surface area contributed by atoms with Gasteiger partial charge in [-0.05, 0) is 0 Å². The van der Waals surface area contributed by atoms with Crippen molar-refractivity contribution in [2.45, 2.75) is 30.4 Å². The smallest absolute Gasteiger partial charge is 0.328 e. The lowest BCUT2D eigenvalue weighted by molar-refractivity contribution is -0.146. The first kappa shape index (κ1) is 15.4. The van der Waals surface area contributed by atoms with E-state index in [1.54, 1.807) is 0 Å². The number of methoxy groups -OCH3 is 1. The SMILES string of the molecule is COC(=O)C1(S(=O)(=O)N2CCC(=O)CC2)CCOCC1. The summed E-state index contributed by atoms with van der Waals surface area (Å²) in [6.07, 6.45) is 0.582. The molecular weight excluding hydrogens is 286 g/mol. The van der Waals surface area contributed by atoms with Crippen LogP contribution in [0.25, 0.3) is 0 Å². The summed E-state index contributed by atoms with van der Waals surface area (Å²) in [5.74, 6) is -0.687. The van der Waals surface area contributed by atoms with Crippen LogP contribution in [0.15, 0.2) is 0 Å². The van der Waals surface area contributed by atoms with E-state index in [4.69, 9.17) is 9.47 Å². The highest BCUT2D eigenvalue weighted by molar-refractivity contribution is 7.91. The Hall–Kier alpha value is -0.990. The van der Waals surface area contributed by atoms with Gasteiger partial charge in [0.2, 0.25) is 10.0 Å². The van der Waals surface area contributed by atoms with Crippen LogP contribution in [0.2, 0.25) is 0 Å². The molecule has 8 heteroatoms. The van der Waals surface area contributed by atoms with Crippen molar-refractivity contribution in [1.82, 2.24) is 4.31 Å². The van der Waals surface area contributed by atoms with Gasteiger partial charge in [-0.1, -0.05) is 0 Å². The van der Waals surface area contributed by atoms with Crippen LogP contribution in [-0.4, -0.2) is 62.6 Å². The topological polar surface area (TPSA) is 90.0 Å². The maximum atomic E-state index is 12.8. The molecular formula is C12H19NO6S. The van der Waals surface area contributed by atoms with E-state index in [0.717, 1.165) is 0 Å². The monoisotopic (exact) mass is 305 g/mol. The number of hydrogen-bond donors (Lipinski definition) is 0. The van der Waals surface area contributed by atoms with Crippen LogP contribution in [0.5, 0.6) is 0 Å². The second-order valence-electron chi connectivity index (χ2n) is 5.04. The molecule has 2 rings (SSSR count). The van der Waals surface area contributed by atoms with Gasteiger partial charge >= 0.3 is 5.97 Å². The van der Waals surface area contributed by atoms with E-state index in [2.05, 4.69) is 0 Å². The predicted octanol–water partition coefficient (Wildman–Crippen LogP) is -0.297. The number of carbonyl (C=O) groups is 2. The van der Waals surface area contributed by atoms with Crippen LogP contribution in [0.3, 0.4) is 0 Å². The number of nitrogens with zero attached hydrogens (tertiary/aromatic N) is 1. The lowest BCUT2D eigenvalue weighted by Crippen LogP contribution is -2.58. The first-order valence-corrected chi connectivity index (χ1v) is 8.05. The molecule has 0 radical (unpaired) electrons. The minimum absolute atomic E-state index is 0.0514. The summed E-state index contributed by atoms with van der Waals surface area (Å²) in [6.45, 7) is 0.698. The van der Waals surface area contributed by atoms with Crippen LogP contribution in [0.1, 0.15) is 25.7 Å². The molecule has 0 aromatic rings. The number of piperidine rings is 1. The maximum absolute atomic E-state index is 12.8. The lowest BCUT2D eigenvalue weighted by Gasteiger charge is -2.38. The molecule has 2 fully saturated rings. The van der Waals surface area contributed by atoms with Crippen molar-refractivity contribution in [3.05, 3.63) is 0 Å². The summed E-state index contributed by atoms with van der Waals surface area (Å²) in [6, 6.07) is 0. The lowest BCUT2D eigenvalue weighted by atomic mass is 9.99. The summed E-state index contributed by atoms with van der Waals surface area (Å²) in [5.41, 5.74) is 0. The van der Waals surface area contributed by atoms with Gasteiger partial charge in [0.25, 0.3) is 0 Å². The van der Waals surface area contributed by atoms with Crippen molar-refractivity contribution in [3.63, 3.8) is 0 Å². The van der Waals surface area contributed by atoms with Gasteiger partial charge in [-0.25, -0.2) is 12.7 Å². The van der Waals surface area contributed by atoms with Crippen LogP contribution in [0, 0.1) is 0 Å². The molecule has 0 unspecified atom stereocenters. The molecule has 2 heterocycles. The van der Waals surface area contributed by atoms with Gasteiger partial charge in [-0.3, -0.25) is 9.59 Å². The summed E-state index contributed by atoms with van der Waals surface area (Å²) < 4.78 is 35.2. The Bertz CT molecular complexity index is 484. The maximum Gasteiger partial charge on any atom is 0.328 e. The van der Waals surface area contributed by atoms with Crippen molar-refractivity contribution < 1.29 is 27.5 Å². The van der Waals surface area contributed by atoms with Crippen molar-refractivity contribution in [2.75, 3.05) is 33.4 Å². The summed E-state index contributed by atoms with van der Waals surface area (Å²) in [7, 11) is -2.67. The minimum atomic E-state index is -3.85. The number of Topliss-reactive ketones (excluding diaryl/α,β-unsaturated/α-hetero) is 1. The first-order valence-electron chi connectivity index (χ1n) is 6.61. The number of sulfonamides is 1. The average molecular weight is 305 g/mol. The summed E-state index contributed by atoms with van der Waals surface area (Å²) >= 11 is 0.